The number of carbonyl (C=O) groups excluding carboxylic acids is 3. The standard InChI is InChI=1S/C38H63N3O13/c1-2-35(44)40-14-17-48-19-21-50-23-25-52-27-26-51-24-22-49-20-18-47-15-12-36(45)39-13-5-3-4-6-37(46)41-32-9-7-31(8-10-32)11-16-53-38-29-33(43)28-34(30-42)54-38/h2,7-10,33-34,38,42-43H,1,3-6,11-30H2,(H,39,45)(H,40,44)(H,41,46). The van der Waals surface area contributed by atoms with Crippen LogP contribution in [0.1, 0.15) is 50.5 Å². The lowest BCUT2D eigenvalue weighted by Gasteiger charge is -2.32. The summed E-state index contributed by atoms with van der Waals surface area (Å²) < 4.78 is 43.9. The van der Waals surface area contributed by atoms with Gasteiger partial charge in [-0.25, -0.2) is 0 Å². The van der Waals surface area contributed by atoms with Crippen LogP contribution in [0.3, 0.4) is 0 Å². The highest BCUT2D eigenvalue weighted by Crippen LogP contribution is 2.21. The van der Waals surface area contributed by atoms with Gasteiger partial charge in [0, 0.05) is 44.5 Å². The molecule has 1 aromatic carbocycles. The zero-order valence-corrected chi connectivity index (χ0v) is 31.7. The Morgan fingerprint density at radius 2 is 1.30 bits per heavy atom. The van der Waals surface area contributed by atoms with Crippen molar-refractivity contribution in [3.8, 4) is 0 Å². The van der Waals surface area contributed by atoms with Gasteiger partial charge in [0.1, 0.15) is 0 Å². The van der Waals surface area contributed by atoms with E-state index in [-0.39, 0.29) is 30.7 Å². The van der Waals surface area contributed by atoms with Crippen LogP contribution in [0.25, 0.3) is 0 Å². The molecule has 0 aromatic heterocycles. The third kappa shape index (κ3) is 25.9. The molecular formula is C38H63N3O13. The van der Waals surface area contributed by atoms with Gasteiger partial charge in [0.15, 0.2) is 6.29 Å². The Bertz CT molecular complexity index is 1130. The zero-order valence-electron chi connectivity index (χ0n) is 31.7. The van der Waals surface area contributed by atoms with Gasteiger partial charge in [-0.1, -0.05) is 25.1 Å². The fourth-order valence-corrected chi connectivity index (χ4v) is 5.05. The first-order chi connectivity index (χ1) is 26.4. The van der Waals surface area contributed by atoms with E-state index in [2.05, 4.69) is 22.5 Å². The van der Waals surface area contributed by atoms with Crippen molar-refractivity contribution in [1.29, 1.82) is 0 Å². The normalized spacial score (nSPS) is 16.9. The van der Waals surface area contributed by atoms with Crippen molar-refractivity contribution in [3.05, 3.63) is 42.5 Å². The van der Waals surface area contributed by atoms with Gasteiger partial charge in [0.2, 0.25) is 17.7 Å². The van der Waals surface area contributed by atoms with Gasteiger partial charge in [0.05, 0.1) is 105 Å². The molecule has 1 heterocycles. The van der Waals surface area contributed by atoms with Crippen molar-refractivity contribution in [1.82, 2.24) is 10.6 Å². The minimum absolute atomic E-state index is 0.0523. The number of benzene rings is 1. The van der Waals surface area contributed by atoms with E-state index in [9.17, 15) is 24.6 Å². The Kier molecular flexibility index (Phi) is 28.1. The quantitative estimate of drug-likeness (QED) is 0.0500. The molecule has 5 N–H and O–H groups in total. The van der Waals surface area contributed by atoms with Crippen molar-refractivity contribution in [2.24, 2.45) is 0 Å². The average molecular weight is 770 g/mol. The fourth-order valence-electron chi connectivity index (χ4n) is 5.05. The Balaban J connectivity index is 1.29. The molecule has 1 aliphatic heterocycles. The van der Waals surface area contributed by atoms with Crippen LogP contribution in [0.4, 0.5) is 5.69 Å². The Morgan fingerprint density at radius 1 is 0.704 bits per heavy atom. The summed E-state index contributed by atoms with van der Waals surface area (Å²) in [5.41, 5.74) is 1.78. The molecule has 308 valence electrons. The molecule has 1 saturated heterocycles. The van der Waals surface area contributed by atoms with Crippen LogP contribution in [0.5, 0.6) is 0 Å². The Hall–Kier alpha value is -3.03. The van der Waals surface area contributed by atoms with E-state index < -0.39 is 18.5 Å². The van der Waals surface area contributed by atoms with Crippen molar-refractivity contribution >= 4 is 23.4 Å². The summed E-state index contributed by atoms with van der Waals surface area (Å²) >= 11 is 0. The van der Waals surface area contributed by atoms with Gasteiger partial charge >= 0.3 is 0 Å². The predicted molar refractivity (Wildman–Crippen MR) is 200 cm³/mol. The molecule has 0 spiro atoms. The van der Waals surface area contributed by atoms with Crippen LogP contribution < -0.4 is 16.0 Å². The van der Waals surface area contributed by atoms with Crippen molar-refractivity contribution in [2.75, 3.05) is 111 Å². The summed E-state index contributed by atoms with van der Waals surface area (Å²) in [5.74, 6) is -0.344. The van der Waals surface area contributed by atoms with Crippen molar-refractivity contribution in [3.63, 3.8) is 0 Å². The number of unbranched alkanes of at least 4 members (excludes halogenated alkanes) is 2. The predicted octanol–water partition coefficient (Wildman–Crippen LogP) is 1.51. The first-order valence-electron chi connectivity index (χ1n) is 19.0. The molecule has 1 aliphatic rings. The molecule has 0 aliphatic carbocycles. The maximum Gasteiger partial charge on any atom is 0.243 e. The average Bonchev–Trinajstić information content (AvgIpc) is 3.17. The third-order valence-corrected chi connectivity index (χ3v) is 7.95. The summed E-state index contributed by atoms with van der Waals surface area (Å²) in [6.07, 6.45) is 4.23. The lowest BCUT2D eigenvalue weighted by molar-refractivity contribution is -0.221. The number of ether oxygens (including phenoxy) is 8. The number of nitrogens with one attached hydrogen (secondary N) is 3. The summed E-state index contributed by atoms with van der Waals surface area (Å²) in [7, 11) is 0. The lowest BCUT2D eigenvalue weighted by Crippen LogP contribution is -2.39. The fraction of sp³-hybridized carbons (Fsp3) is 0.711. The molecule has 54 heavy (non-hydrogen) atoms. The van der Waals surface area contributed by atoms with Crippen LogP contribution in [-0.2, 0) is 58.7 Å². The third-order valence-electron chi connectivity index (χ3n) is 7.95. The molecule has 1 aromatic rings. The number of rotatable bonds is 34. The lowest BCUT2D eigenvalue weighted by atomic mass is 10.1. The maximum absolute atomic E-state index is 12.3. The molecule has 3 unspecified atom stereocenters. The number of anilines is 1. The van der Waals surface area contributed by atoms with E-state index in [1.807, 2.05) is 24.3 Å². The number of aliphatic hydroxyl groups is 2. The highest BCUT2D eigenvalue weighted by molar-refractivity contribution is 5.90. The van der Waals surface area contributed by atoms with E-state index in [1.165, 1.54) is 6.08 Å². The number of hydrogen-bond acceptors (Lipinski definition) is 13. The highest BCUT2D eigenvalue weighted by Gasteiger charge is 2.28. The molecule has 0 saturated carbocycles. The molecule has 0 radical (unpaired) electrons. The van der Waals surface area contributed by atoms with Gasteiger partial charge < -0.3 is 64.1 Å². The van der Waals surface area contributed by atoms with Crippen LogP contribution in [0.2, 0.25) is 0 Å². The summed E-state index contributed by atoms with van der Waals surface area (Å²) in [5, 5.41) is 27.6. The van der Waals surface area contributed by atoms with Gasteiger partial charge in [0.25, 0.3) is 0 Å². The first-order valence-corrected chi connectivity index (χ1v) is 19.0. The minimum Gasteiger partial charge on any atom is -0.394 e. The molecule has 16 heteroatoms. The van der Waals surface area contributed by atoms with Crippen LogP contribution >= 0.6 is 0 Å². The van der Waals surface area contributed by atoms with E-state index in [1.54, 1.807) is 0 Å². The Labute approximate surface area is 319 Å². The second-order valence-corrected chi connectivity index (χ2v) is 12.4. The summed E-state index contributed by atoms with van der Waals surface area (Å²) in [6.45, 7) is 9.80. The van der Waals surface area contributed by atoms with E-state index in [4.69, 9.17) is 37.9 Å². The van der Waals surface area contributed by atoms with Crippen LogP contribution in [0.15, 0.2) is 36.9 Å². The second kappa shape index (κ2) is 32.2. The SMILES string of the molecule is C=CC(=O)NCCOCCOCCOCCOCCOCCOCCC(=O)NCCCCCC(=O)Nc1ccc(CCOC2CC(O)CC(CO)O2)cc1. The zero-order chi connectivity index (χ0) is 38.9. The Morgan fingerprint density at radius 3 is 1.89 bits per heavy atom. The van der Waals surface area contributed by atoms with Gasteiger partial charge in [-0.15, -0.1) is 0 Å². The van der Waals surface area contributed by atoms with Gasteiger partial charge in [-0.3, -0.25) is 14.4 Å². The molecule has 3 atom stereocenters. The summed E-state index contributed by atoms with van der Waals surface area (Å²) in [4.78, 5) is 35.3. The molecule has 1 fully saturated rings. The number of carbonyl (C=O) groups is 3. The highest BCUT2D eigenvalue weighted by atomic mass is 16.7. The molecule has 3 amide bonds. The molecule has 0 bridgehead atoms. The van der Waals surface area contributed by atoms with Crippen LogP contribution in [0, 0.1) is 0 Å². The minimum atomic E-state index is -0.536. The maximum atomic E-state index is 12.3. The molecule has 2 rings (SSSR count). The van der Waals surface area contributed by atoms with E-state index in [0.717, 1.165) is 30.5 Å². The monoisotopic (exact) mass is 769 g/mol. The number of hydrogen-bond donors (Lipinski definition) is 5. The molecular weight excluding hydrogens is 706 g/mol. The largest absolute Gasteiger partial charge is 0.394 e. The van der Waals surface area contributed by atoms with Crippen LogP contribution in [-0.4, -0.2) is 152 Å². The first kappa shape index (κ1) is 47.1. The number of amides is 3. The van der Waals surface area contributed by atoms with Crippen molar-refractivity contribution < 1.29 is 62.5 Å². The summed E-state index contributed by atoms with van der Waals surface area (Å²) in [6, 6.07) is 7.59. The van der Waals surface area contributed by atoms with Gasteiger partial charge in [-0.2, -0.15) is 0 Å². The molecule has 16 nitrogen and oxygen atoms in total. The topological polar surface area (TPSA) is 202 Å². The van der Waals surface area contributed by atoms with E-state index >= 15 is 0 Å². The van der Waals surface area contributed by atoms with Gasteiger partial charge in [-0.05, 0) is 43.0 Å². The second-order valence-electron chi connectivity index (χ2n) is 12.4. The van der Waals surface area contributed by atoms with E-state index in [0.29, 0.717) is 125 Å². The smallest absolute Gasteiger partial charge is 0.243 e. The van der Waals surface area contributed by atoms with Crippen molar-refractivity contribution in [2.45, 2.75) is 69.9 Å². The number of aliphatic hydroxyl groups excluding tert-OH is 2.